The van der Waals surface area contributed by atoms with Gasteiger partial charge in [-0.1, -0.05) is 23.4 Å². The average Bonchev–Trinajstić information content (AvgIpc) is 2.77. The summed E-state index contributed by atoms with van der Waals surface area (Å²) in [5.41, 5.74) is -0.606. The van der Waals surface area contributed by atoms with Gasteiger partial charge in [0.2, 0.25) is 5.91 Å². The molecule has 0 aliphatic carbocycles. The molecule has 0 bridgehead atoms. The smallest absolute Gasteiger partial charge is 0.236 e. The molecule has 9 heteroatoms. The van der Waals surface area contributed by atoms with Crippen LogP contribution in [0.3, 0.4) is 0 Å². The van der Waals surface area contributed by atoms with Crippen LogP contribution in [0.1, 0.15) is 5.56 Å². The predicted octanol–water partition coefficient (Wildman–Crippen LogP) is 2.31. The normalized spacial score (nSPS) is 17.5. The van der Waals surface area contributed by atoms with Gasteiger partial charge < -0.3 is 5.32 Å². The highest BCUT2D eigenvalue weighted by Crippen LogP contribution is 2.23. The van der Waals surface area contributed by atoms with Crippen molar-refractivity contribution < 1.29 is 18.0 Å². The van der Waals surface area contributed by atoms with E-state index >= 15 is 0 Å². The van der Waals surface area contributed by atoms with Crippen LogP contribution in [0.2, 0.25) is 5.02 Å². The third kappa shape index (κ3) is 3.07. The number of carbonyl (C=O) groups excluding carboxylic acids is 1. The Morgan fingerprint density at radius 3 is 2.74 bits per heavy atom. The van der Waals surface area contributed by atoms with Gasteiger partial charge in [0.15, 0.2) is 11.0 Å². The van der Waals surface area contributed by atoms with Gasteiger partial charge >= 0.3 is 0 Å². The van der Waals surface area contributed by atoms with Crippen molar-refractivity contribution in [3.8, 4) is 0 Å². The second-order valence-corrected chi connectivity index (χ2v) is 4.71. The van der Waals surface area contributed by atoms with Crippen LogP contribution in [0, 0.1) is 17.5 Å². The van der Waals surface area contributed by atoms with Crippen LogP contribution in [-0.4, -0.2) is 23.0 Å². The summed E-state index contributed by atoms with van der Waals surface area (Å²) < 4.78 is 39.7. The number of rotatable bonds is 2. The number of hydrogen-bond donors (Lipinski definition) is 1. The molecule has 0 unspecified atom stereocenters. The third-order valence-electron chi connectivity index (χ3n) is 2.07. The van der Waals surface area contributed by atoms with E-state index in [9.17, 15) is 18.0 Å². The topological polar surface area (TPSA) is 53.8 Å². The number of nitrogens with zero attached hydrogens (tertiary/aromatic N) is 2. The van der Waals surface area contributed by atoms with Crippen LogP contribution < -0.4 is 5.32 Å². The van der Waals surface area contributed by atoms with E-state index in [1.54, 1.807) is 0 Å². The summed E-state index contributed by atoms with van der Waals surface area (Å²) in [7, 11) is 0. The van der Waals surface area contributed by atoms with E-state index in [4.69, 9.17) is 11.6 Å². The van der Waals surface area contributed by atoms with Gasteiger partial charge in [-0.2, -0.15) is 5.10 Å². The van der Waals surface area contributed by atoms with Gasteiger partial charge in [-0.05, 0) is 0 Å². The fourth-order valence-electron chi connectivity index (χ4n) is 1.22. The van der Waals surface area contributed by atoms with E-state index < -0.39 is 28.0 Å². The van der Waals surface area contributed by atoms with Crippen LogP contribution in [-0.2, 0) is 4.79 Å². The van der Waals surface area contributed by atoms with E-state index in [2.05, 4.69) is 15.5 Å². The van der Waals surface area contributed by atoms with Crippen molar-refractivity contribution in [3.63, 3.8) is 0 Å². The lowest BCUT2D eigenvalue weighted by Gasteiger charge is -2.01. The fourth-order valence-corrected chi connectivity index (χ4v) is 2.00. The molecule has 1 aromatic carbocycles. The minimum atomic E-state index is -1.26. The molecule has 0 spiro atoms. The van der Waals surface area contributed by atoms with Gasteiger partial charge in [-0.15, -0.1) is 5.10 Å². The number of halogens is 4. The standard InChI is InChI=1S/C10H5ClF3N3OS/c11-8-6(13)1-5(12)4(9(8)14)2-15-17-10-16-7(18)3-19-10/h1-2H,3H2,(H,16,17,18). The number of amidine groups is 1. The first kappa shape index (κ1) is 13.9. The summed E-state index contributed by atoms with van der Waals surface area (Å²) in [4.78, 5) is 10.8. The molecule has 0 aromatic heterocycles. The van der Waals surface area contributed by atoms with Gasteiger partial charge in [-0.3, -0.25) is 4.79 Å². The Balaban J connectivity index is 2.24. The molecule has 1 saturated heterocycles. The first-order valence-electron chi connectivity index (χ1n) is 4.85. The van der Waals surface area contributed by atoms with Crippen molar-refractivity contribution in [2.75, 3.05) is 5.75 Å². The lowest BCUT2D eigenvalue weighted by molar-refractivity contribution is -0.116. The number of amides is 1. The third-order valence-corrected chi connectivity index (χ3v) is 3.28. The van der Waals surface area contributed by atoms with Crippen molar-refractivity contribution in [2.45, 2.75) is 0 Å². The first-order valence-corrected chi connectivity index (χ1v) is 6.22. The van der Waals surface area contributed by atoms with Gasteiger partial charge in [-0.25, -0.2) is 13.2 Å². The first-order chi connectivity index (χ1) is 8.99. The zero-order valence-electron chi connectivity index (χ0n) is 9.08. The SMILES string of the molecule is O=C1CSC(=NN=Cc2c(F)cc(F)c(Cl)c2F)N1. The molecule has 4 nitrogen and oxygen atoms in total. The Hall–Kier alpha value is -1.54. The highest BCUT2D eigenvalue weighted by atomic mass is 35.5. The predicted molar refractivity (Wildman–Crippen MR) is 67.0 cm³/mol. The Bertz CT molecular complexity index is 606. The summed E-state index contributed by atoms with van der Waals surface area (Å²) in [5.74, 6) is -3.63. The lowest BCUT2D eigenvalue weighted by Crippen LogP contribution is -2.19. The second kappa shape index (κ2) is 5.62. The molecule has 1 aliphatic rings. The Morgan fingerprint density at radius 1 is 1.37 bits per heavy atom. The van der Waals surface area contributed by atoms with Crippen molar-refractivity contribution in [3.05, 3.63) is 34.1 Å². The zero-order chi connectivity index (χ0) is 14.0. The van der Waals surface area contributed by atoms with E-state index in [0.717, 1.165) is 18.0 Å². The Morgan fingerprint density at radius 2 is 2.11 bits per heavy atom. The maximum Gasteiger partial charge on any atom is 0.236 e. The summed E-state index contributed by atoms with van der Waals surface area (Å²) in [5, 5.41) is 8.74. The van der Waals surface area contributed by atoms with E-state index in [0.29, 0.717) is 6.07 Å². The van der Waals surface area contributed by atoms with Crippen molar-refractivity contribution >= 4 is 40.7 Å². The lowest BCUT2D eigenvalue weighted by atomic mass is 10.2. The van der Waals surface area contributed by atoms with Crippen molar-refractivity contribution in [1.29, 1.82) is 0 Å². The van der Waals surface area contributed by atoms with Crippen LogP contribution in [0.5, 0.6) is 0 Å². The van der Waals surface area contributed by atoms with Gasteiger partial charge in [0.25, 0.3) is 0 Å². The van der Waals surface area contributed by atoms with Gasteiger partial charge in [0, 0.05) is 6.07 Å². The van der Waals surface area contributed by atoms with Crippen molar-refractivity contribution in [1.82, 2.24) is 5.32 Å². The van der Waals surface area contributed by atoms with Gasteiger partial charge in [0.05, 0.1) is 17.5 Å². The number of thioether (sulfide) groups is 1. The molecule has 1 N–H and O–H groups in total. The Kier molecular flexibility index (Phi) is 4.11. The summed E-state index contributed by atoms with van der Waals surface area (Å²) in [6, 6.07) is 0.450. The minimum absolute atomic E-state index is 0.208. The van der Waals surface area contributed by atoms with Crippen LogP contribution in [0.4, 0.5) is 13.2 Å². The molecular formula is C10H5ClF3N3OS. The highest BCUT2D eigenvalue weighted by Gasteiger charge is 2.17. The van der Waals surface area contributed by atoms with E-state index in [1.165, 1.54) is 0 Å². The van der Waals surface area contributed by atoms with Crippen molar-refractivity contribution in [2.24, 2.45) is 10.2 Å². The van der Waals surface area contributed by atoms with E-state index in [1.807, 2.05) is 0 Å². The fraction of sp³-hybridized carbons (Fsp3) is 0.100. The summed E-state index contributed by atoms with van der Waals surface area (Å²) in [6.07, 6.45) is 0.758. The maximum atomic E-state index is 13.5. The molecule has 2 rings (SSSR count). The number of hydrogen-bond acceptors (Lipinski definition) is 4. The molecule has 0 atom stereocenters. The second-order valence-electron chi connectivity index (χ2n) is 3.37. The molecule has 0 saturated carbocycles. The van der Waals surface area contributed by atoms with Crippen LogP contribution in [0.15, 0.2) is 16.3 Å². The quantitative estimate of drug-likeness (QED) is 0.394. The molecule has 1 aliphatic heterocycles. The number of nitrogens with one attached hydrogen (secondary N) is 1. The minimum Gasteiger partial charge on any atom is -0.303 e. The average molecular weight is 308 g/mol. The van der Waals surface area contributed by atoms with Crippen LogP contribution >= 0.6 is 23.4 Å². The summed E-state index contributed by atoms with van der Waals surface area (Å²) >= 11 is 6.41. The zero-order valence-corrected chi connectivity index (χ0v) is 10.7. The molecule has 1 fully saturated rings. The molecule has 1 aromatic rings. The highest BCUT2D eigenvalue weighted by molar-refractivity contribution is 8.15. The molecule has 19 heavy (non-hydrogen) atoms. The van der Waals surface area contributed by atoms with E-state index in [-0.39, 0.29) is 16.8 Å². The molecule has 0 radical (unpaired) electrons. The monoisotopic (exact) mass is 307 g/mol. The molecule has 1 amide bonds. The number of benzene rings is 1. The largest absolute Gasteiger partial charge is 0.303 e. The van der Waals surface area contributed by atoms with Crippen LogP contribution in [0.25, 0.3) is 0 Å². The maximum absolute atomic E-state index is 13.5. The molecule has 100 valence electrons. The Labute approximate surface area is 114 Å². The number of carbonyl (C=O) groups is 1. The molecular weight excluding hydrogens is 303 g/mol. The molecule has 1 heterocycles. The summed E-state index contributed by atoms with van der Waals surface area (Å²) in [6.45, 7) is 0. The van der Waals surface area contributed by atoms with Gasteiger partial charge in [0.1, 0.15) is 16.7 Å².